The molecule has 9 N–H and O–H groups in total. The number of hydrogen-bond acceptors (Lipinski definition) is 16. The molecule has 0 aliphatic carbocycles. The van der Waals surface area contributed by atoms with E-state index in [2.05, 4.69) is 25.5 Å². The van der Waals surface area contributed by atoms with E-state index in [1.165, 1.54) is 0 Å². The zero-order chi connectivity index (χ0) is 47.4. The molecule has 1 aliphatic heterocycles. The number of aliphatic hydroxyl groups is 2. The lowest BCUT2D eigenvalue weighted by Crippen LogP contribution is -2.43. The average molecular weight is 956 g/mol. The molecule has 1 fully saturated rings. The van der Waals surface area contributed by atoms with E-state index in [1.807, 2.05) is 0 Å². The van der Waals surface area contributed by atoms with Crippen molar-refractivity contribution < 1.29 is 85.9 Å². The summed E-state index contributed by atoms with van der Waals surface area (Å²) in [5.74, 6) is -8.29. The molecule has 25 heteroatoms. The summed E-state index contributed by atoms with van der Waals surface area (Å²) in [4.78, 5) is 37.3. The number of nitrogens with two attached hydrogens (primary N) is 1. The van der Waals surface area contributed by atoms with Gasteiger partial charge < -0.3 is 70.4 Å². The maximum Gasteiger partial charge on any atom is 0.317 e. The second-order valence-electron chi connectivity index (χ2n) is 13.5. The van der Waals surface area contributed by atoms with Crippen LogP contribution in [0.15, 0.2) is 34.4 Å². The minimum atomic E-state index is -1.94. The summed E-state index contributed by atoms with van der Waals surface area (Å²) in [5.41, 5.74) is 1.46. The number of phenolic OH excluding ortho intramolecular Hbond substituents is 1. The molecule has 19 nitrogen and oxygen atoms in total. The number of aliphatic imine (C=N–C) groups is 1. The van der Waals surface area contributed by atoms with Gasteiger partial charge in [-0.05, 0) is 62.2 Å². The Balaban J connectivity index is 0.000000736. The van der Waals surface area contributed by atoms with Crippen molar-refractivity contribution in [2.75, 3.05) is 77.9 Å². The van der Waals surface area contributed by atoms with Gasteiger partial charge in [-0.15, -0.1) is 0 Å². The number of rotatable bonds is 27. The minimum absolute atomic E-state index is 0.0399. The van der Waals surface area contributed by atoms with Crippen LogP contribution in [0.4, 0.5) is 23.2 Å². The number of anilines is 1. The van der Waals surface area contributed by atoms with Gasteiger partial charge in [-0.2, -0.15) is 9.49 Å². The number of nitrogens with one attached hydrogen (secondary N) is 2. The van der Waals surface area contributed by atoms with Crippen LogP contribution in [0.1, 0.15) is 38.5 Å². The maximum absolute atomic E-state index is 13.9. The van der Waals surface area contributed by atoms with E-state index in [-0.39, 0.29) is 51.4 Å². The van der Waals surface area contributed by atoms with Crippen LogP contribution in [0.5, 0.6) is 11.5 Å². The Morgan fingerprint density at radius 1 is 0.859 bits per heavy atom. The summed E-state index contributed by atoms with van der Waals surface area (Å²) < 4.78 is 85.3. The number of benzene rings is 2. The Labute approximate surface area is 373 Å². The summed E-state index contributed by atoms with van der Waals surface area (Å²) >= 11 is 5.25. The van der Waals surface area contributed by atoms with Gasteiger partial charge in [0.25, 0.3) is 0 Å². The van der Waals surface area contributed by atoms with Crippen LogP contribution in [0, 0.1) is 29.2 Å². The first-order chi connectivity index (χ1) is 30.5. The fourth-order valence-electron chi connectivity index (χ4n) is 5.18. The predicted molar refractivity (Wildman–Crippen MR) is 230 cm³/mol. The number of carbonyl (C=O) groups excluding carboxylic acids is 1. The molecule has 0 bridgehead atoms. The smallest absolute Gasteiger partial charge is 0.317 e. The Bertz CT molecular complexity index is 1800. The lowest BCUT2D eigenvalue weighted by molar-refractivity contribution is -0.161. The van der Waals surface area contributed by atoms with Gasteiger partial charge in [0.15, 0.2) is 28.5 Å². The van der Waals surface area contributed by atoms with Crippen LogP contribution in [0.25, 0.3) is 0 Å². The van der Waals surface area contributed by atoms with Crippen LogP contribution < -0.4 is 26.5 Å². The Morgan fingerprint density at radius 3 is 2.03 bits per heavy atom. The largest absolute Gasteiger partial charge is 0.508 e. The third-order valence-electron chi connectivity index (χ3n) is 8.63. The fraction of sp³-hybridized carbons (Fsp3) is 0.538. The molecule has 0 aromatic heterocycles. The highest BCUT2D eigenvalue weighted by Crippen LogP contribution is 2.26. The normalized spacial score (nSPS) is 16.3. The Kier molecular flexibility index (Phi) is 27.1. The van der Waals surface area contributed by atoms with Crippen LogP contribution in [0.2, 0.25) is 0 Å². The molecule has 0 amide bonds. The van der Waals surface area contributed by atoms with Crippen molar-refractivity contribution in [3.8, 4) is 11.5 Å². The van der Waals surface area contributed by atoms with Crippen LogP contribution in [-0.2, 0) is 38.1 Å². The van der Waals surface area contributed by atoms with E-state index in [9.17, 15) is 42.2 Å². The van der Waals surface area contributed by atoms with Crippen molar-refractivity contribution in [1.82, 2.24) is 5.32 Å². The first kappa shape index (κ1) is 55.5. The highest BCUT2D eigenvalue weighted by atomic mass is 32.1. The second-order valence-corrected chi connectivity index (χ2v) is 14.5. The standard InChI is InChI=1S/C30H40F4N5O7PS.C9H14O7/c31-24-25(32)28(27(34)29(47)26(24)33)46-23(41)8-11-42-13-15-44-17-18-45-16-14-43-12-10-36-19-21(39-35)3-1-2-9-37-30(48)38-20-4-6-22(40)7-5-20;10-6-2-4(16-3-7(6)11)1-5(8(12)13)9(14)15/h4-7,19,40H,1-3,8-18,35,47H2,(H2,37,38,48);4-7,10-11H,1-3H2,(H,12,13)(H,14,15)/b36-19?,39-21-;. The van der Waals surface area contributed by atoms with Crippen molar-refractivity contribution in [2.45, 2.75) is 56.8 Å². The Morgan fingerprint density at radius 2 is 1.45 bits per heavy atom. The number of unbranched alkanes of at least 4 members (excludes halogenated alkanes) is 1. The topological polar surface area (TPSA) is 283 Å². The van der Waals surface area contributed by atoms with Crippen molar-refractivity contribution in [1.29, 1.82) is 0 Å². The molecule has 4 atom stereocenters. The number of aromatic hydroxyl groups is 1. The number of hydrogen-bond donors (Lipinski definition) is 8. The number of aliphatic carboxylic acids is 2. The maximum atomic E-state index is 13.9. The number of nitrogens with zero attached hydrogens (tertiary/aromatic N) is 2. The second kappa shape index (κ2) is 31.3. The summed E-state index contributed by atoms with van der Waals surface area (Å²) in [6, 6.07) is 6.61. The van der Waals surface area contributed by atoms with Gasteiger partial charge in [-0.25, -0.2) is 13.2 Å². The molecule has 64 heavy (non-hydrogen) atoms. The van der Waals surface area contributed by atoms with Crippen LogP contribution in [-0.4, -0.2) is 151 Å². The summed E-state index contributed by atoms with van der Waals surface area (Å²) in [7, 11) is 1.58. The van der Waals surface area contributed by atoms with Crippen molar-refractivity contribution in [2.24, 2.45) is 21.9 Å². The van der Waals surface area contributed by atoms with Gasteiger partial charge in [0.1, 0.15) is 11.9 Å². The summed E-state index contributed by atoms with van der Waals surface area (Å²) in [6.45, 7) is 2.95. The third kappa shape index (κ3) is 21.8. The molecule has 358 valence electrons. The van der Waals surface area contributed by atoms with E-state index in [0.29, 0.717) is 63.4 Å². The average Bonchev–Trinajstić information content (AvgIpc) is 3.26. The molecular formula is C39H54F4N5O14PS. The van der Waals surface area contributed by atoms with Crippen molar-refractivity contribution >= 4 is 67.4 Å². The molecule has 3 rings (SSSR count). The quantitative estimate of drug-likeness (QED) is 0.00508. The number of carboxylic acids is 2. The first-order valence-corrected chi connectivity index (χ1v) is 20.7. The lowest BCUT2D eigenvalue weighted by atomic mass is 9.94. The van der Waals surface area contributed by atoms with Crippen molar-refractivity contribution in [3.05, 3.63) is 47.5 Å². The summed E-state index contributed by atoms with van der Waals surface area (Å²) in [5, 5.41) is 54.6. The fourth-order valence-corrected chi connectivity index (χ4v) is 5.66. The molecule has 1 saturated heterocycles. The van der Waals surface area contributed by atoms with Crippen LogP contribution in [0.3, 0.4) is 0 Å². The number of carbonyl (C=O) groups is 3. The Hall–Kier alpha value is -4.65. The molecule has 1 aliphatic rings. The lowest BCUT2D eigenvalue weighted by Gasteiger charge is -2.31. The number of esters is 1. The van der Waals surface area contributed by atoms with E-state index >= 15 is 0 Å². The molecule has 0 saturated carbocycles. The highest BCUT2D eigenvalue weighted by Gasteiger charge is 2.35. The number of ether oxygens (including phenoxy) is 6. The zero-order valence-electron chi connectivity index (χ0n) is 34.6. The number of carboxylic acid groups (broad SMARTS) is 2. The highest BCUT2D eigenvalue weighted by molar-refractivity contribution is 7.80. The summed E-state index contributed by atoms with van der Waals surface area (Å²) in [6.07, 6.45) is 0.794. The monoisotopic (exact) mass is 955 g/mol. The number of hydrazone groups is 1. The molecular weight excluding hydrogens is 901 g/mol. The van der Waals surface area contributed by atoms with E-state index in [4.69, 9.17) is 57.1 Å². The molecule has 2 aromatic carbocycles. The third-order valence-corrected chi connectivity index (χ3v) is 9.38. The molecule has 0 spiro atoms. The van der Waals surface area contributed by atoms with Crippen molar-refractivity contribution in [3.63, 3.8) is 0 Å². The number of halogens is 4. The van der Waals surface area contributed by atoms with E-state index < -0.39 is 76.5 Å². The number of thiocarbonyl (C=S) groups is 1. The van der Waals surface area contributed by atoms with Crippen LogP contribution >= 0.6 is 21.5 Å². The molecule has 0 radical (unpaired) electrons. The van der Waals surface area contributed by atoms with E-state index in [0.717, 1.165) is 18.5 Å². The van der Waals surface area contributed by atoms with Gasteiger partial charge in [0, 0.05) is 30.2 Å². The number of aliphatic hydroxyl groups excluding tert-OH is 2. The first-order valence-electron chi connectivity index (χ1n) is 19.7. The van der Waals surface area contributed by atoms with E-state index in [1.54, 1.807) is 39.7 Å². The van der Waals surface area contributed by atoms with Gasteiger partial charge in [-0.3, -0.25) is 19.4 Å². The number of phenols is 1. The molecule has 4 unspecified atom stereocenters. The van der Waals surface area contributed by atoms with Gasteiger partial charge in [0.2, 0.25) is 11.6 Å². The zero-order valence-corrected chi connectivity index (χ0v) is 36.6. The molecule has 2 aromatic rings. The van der Waals surface area contributed by atoms with Gasteiger partial charge >= 0.3 is 17.9 Å². The predicted octanol–water partition coefficient (Wildman–Crippen LogP) is 2.03. The molecule has 1 heterocycles. The van der Waals surface area contributed by atoms with Gasteiger partial charge in [-0.1, -0.05) is 9.24 Å². The minimum Gasteiger partial charge on any atom is -0.508 e. The SMILES string of the molecule is N/N=C(\C=NCCOCCOCCOCCOCCC(=O)Oc1c(F)c(F)c(F)c(P)c1F)CCCCNC(=S)Nc1ccc(O)cc1.O=C(O)C(CC1CC(O)C(O)CO1)C(=O)O. The van der Waals surface area contributed by atoms with Gasteiger partial charge in [0.05, 0.1) is 90.3 Å².